The van der Waals surface area contributed by atoms with Crippen molar-refractivity contribution in [2.75, 3.05) is 0 Å². The van der Waals surface area contributed by atoms with Crippen LogP contribution in [0.15, 0.2) is 12.3 Å². The lowest BCUT2D eigenvalue weighted by atomic mass is 10.3. The molecule has 5 heteroatoms. The van der Waals surface area contributed by atoms with Gasteiger partial charge in [-0.1, -0.05) is 0 Å². The molecule has 1 aliphatic rings. The number of amides is 1. The molecule has 0 aliphatic heterocycles. The molecule has 0 radical (unpaired) electrons. The van der Waals surface area contributed by atoms with E-state index >= 15 is 0 Å². The van der Waals surface area contributed by atoms with Crippen LogP contribution in [0.2, 0.25) is 0 Å². The van der Waals surface area contributed by atoms with E-state index in [1.165, 1.54) is 6.20 Å². The zero-order chi connectivity index (χ0) is 10.1. The standard InChI is InChI=1S/C9H9FN2O2/c10-6-3-4-12-7(9(11)13)8(6)14-5-1-2-5/h3-5H,1-2H2,(H2,11,13). The van der Waals surface area contributed by atoms with Gasteiger partial charge in [0, 0.05) is 6.20 Å². The fraction of sp³-hybridized carbons (Fsp3) is 0.333. The summed E-state index contributed by atoms with van der Waals surface area (Å²) in [5.41, 5.74) is 4.89. The molecule has 1 aromatic rings. The highest BCUT2D eigenvalue weighted by Gasteiger charge is 2.27. The van der Waals surface area contributed by atoms with Crippen molar-refractivity contribution in [1.82, 2.24) is 4.98 Å². The quantitative estimate of drug-likeness (QED) is 0.779. The number of nitrogens with two attached hydrogens (primary N) is 1. The number of aromatic nitrogens is 1. The Bertz CT molecular complexity index is 377. The topological polar surface area (TPSA) is 65.2 Å². The van der Waals surface area contributed by atoms with Gasteiger partial charge < -0.3 is 10.5 Å². The van der Waals surface area contributed by atoms with Crippen molar-refractivity contribution in [3.8, 4) is 5.75 Å². The van der Waals surface area contributed by atoms with E-state index in [9.17, 15) is 9.18 Å². The summed E-state index contributed by atoms with van der Waals surface area (Å²) in [4.78, 5) is 14.6. The minimum atomic E-state index is -0.778. The van der Waals surface area contributed by atoms with Gasteiger partial charge in [0.2, 0.25) is 0 Å². The maximum Gasteiger partial charge on any atom is 0.271 e. The van der Waals surface area contributed by atoms with Crippen molar-refractivity contribution in [3.63, 3.8) is 0 Å². The summed E-state index contributed by atoms with van der Waals surface area (Å²) in [5, 5.41) is 0. The van der Waals surface area contributed by atoms with Crippen LogP contribution < -0.4 is 10.5 Å². The van der Waals surface area contributed by atoms with E-state index in [-0.39, 0.29) is 17.5 Å². The number of halogens is 1. The highest BCUT2D eigenvalue weighted by atomic mass is 19.1. The Morgan fingerprint density at radius 1 is 1.64 bits per heavy atom. The van der Waals surface area contributed by atoms with Gasteiger partial charge in [0.15, 0.2) is 17.3 Å². The lowest BCUT2D eigenvalue weighted by Crippen LogP contribution is -2.16. The highest BCUT2D eigenvalue weighted by Crippen LogP contribution is 2.29. The van der Waals surface area contributed by atoms with Crippen LogP contribution in [0.5, 0.6) is 5.75 Å². The molecule has 1 aliphatic carbocycles. The molecule has 1 aromatic heterocycles. The van der Waals surface area contributed by atoms with E-state index in [1.807, 2.05) is 0 Å². The van der Waals surface area contributed by atoms with Gasteiger partial charge in [-0.2, -0.15) is 0 Å². The molecule has 74 valence electrons. The molecule has 0 bridgehead atoms. The molecule has 1 fully saturated rings. The van der Waals surface area contributed by atoms with Crippen LogP contribution in [0.3, 0.4) is 0 Å². The van der Waals surface area contributed by atoms with Crippen LogP contribution in [0, 0.1) is 5.82 Å². The predicted molar refractivity (Wildman–Crippen MR) is 46.4 cm³/mol. The van der Waals surface area contributed by atoms with Gasteiger partial charge in [0.25, 0.3) is 5.91 Å². The van der Waals surface area contributed by atoms with E-state index in [0.29, 0.717) is 0 Å². The average molecular weight is 196 g/mol. The van der Waals surface area contributed by atoms with E-state index in [1.54, 1.807) is 0 Å². The third-order valence-corrected chi connectivity index (χ3v) is 1.90. The van der Waals surface area contributed by atoms with Crippen LogP contribution in [0.4, 0.5) is 4.39 Å². The predicted octanol–water partition coefficient (Wildman–Crippen LogP) is 0.861. The fourth-order valence-electron chi connectivity index (χ4n) is 1.06. The first kappa shape index (κ1) is 8.93. The third-order valence-electron chi connectivity index (χ3n) is 1.90. The van der Waals surface area contributed by atoms with Crippen LogP contribution in [-0.2, 0) is 0 Å². The Morgan fingerprint density at radius 2 is 2.36 bits per heavy atom. The van der Waals surface area contributed by atoms with E-state index < -0.39 is 11.7 Å². The minimum Gasteiger partial charge on any atom is -0.485 e. The smallest absolute Gasteiger partial charge is 0.271 e. The molecule has 1 heterocycles. The zero-order valence-corrected chi connectivity index (χ0v) is 7.37. The monoisotopic (exact) mass is 196 g/mol. The number of carbonyl (C=O) groups excluding carboxylic acids is 1. The van der Waals surface area contributed by atoms with Crippen LogP contribution in [0.25, 0.3) is 0 Å². The summed E-state index contributed by atoms with van der Waals surface area (Å²) < 4.78 is 18.4. The maximum absolute atomic E-state index is 13.2. The van der Waals surface area contributed by atoms with Crippen molar-refractivity contribution in [3.05, 3.63) is 23.8 Å². The Kier molecular flexibility index (Phi) is 2.07. The number of nitrogens with zero attached hydrogens (tertiary/aromatic N) is 1. The first-order chi connectivity index (χ1) is 6.68. The maximum atomic E-state index is 13.2. The second-order valence-electron chi connectivity index (χ2n) is 3.15. The molecule has 4 nitrogen and oxygen atoms in total. The van der Waals surface area contributed by atoms with Gasteiger partial charge in [-0.05, 0) is 18.9 Å². The molecule has 2 N–H and O–H groups in total. The first-order valence-corrected chi connectivity index (χ1v) is 4.29. The lowest BCUT2D eigenvalue weighted by molar-refractivity contribution is 0.0989. The van der Waals surface area contributed by atoms with Crippen molar-refractivity contribution in [2.24, 2.45) is 5.73 Å². The summed E-state index contributed by atoms with van der Waals surface area (Å²) in [5.74, 6) is -1.50. The van der Waals surface area contributed by atoms with Gasteiger partial charge >= 0.3 is 0 Å². The normalized spacial score (nSPS) is 15.2. The number of ether oxygens (including phenoxy) is 1. The Morgan fingerprint density at radius 3 is 2.93 bits per heavy atom. The molecular weight excluding hydrogens is 187 g/mol. The van der Waals surface area contributed by atoms with Gasteiger partial charge in [0.05, 0.1) is 6.10 Å². The van der Waals surface area contributed by atoms with Crippen LogP contribution in [-0.4, -0.2) is 17.0 Å². The summed E-state index contributed by atoms with van der Waals surface area (Å²) in [7, 11) is 0. The number of hydrogen-bond donors (Lipinski definition) is 1. The zero-order valence-electron chi connectivity index (χ0n) is 7.37. The fourth-order valence-corrected chi connectivity index (χ4v) is 1.06. The largest absolute Gasteiger partial charge is 0.485 e. The van der Waals surface area contributed by atoms with Gasteiger partial charge in [-0.3, -0.25) is 4.79 Å². The first-order valence-electron chi connectivity index (χ1n) is 4.29. The van der Waals surface area contributed by atoms with E-state index in [2.05, 4.69) is 4.98 Å². The Labute approximate surface area is 79.9 Å². The molecule has 0 unspecified atom stereocenters. The van der Waals surface area contributed by atoms with Crippen molar-refractivity contribution >= 4 is 5.91 Å². The average Bonchev–Trinajstić information content (AvgIpc) is 2.91. The van der Waals surface area contributed by atoms with Crippen molar-refractivity contribution < 1.29 is 13.9 Å². The lowest BCUT2D eigenvalue weighted by Gasteiger charge is -2.07. The molecule has 1 amide bonds. The van der Waals surface area contributed by atoms with Crippen LogP contribution >= 0.6 is 0 Å². The number of primary amides is 1. The molecule has 0 spiro atoms. The molecule has 0 saturated heterocycles. The SMILES string of the molecule is NC(=O)c1nccc(F)c1OC1CC1. The summed E-state index contributed by atoms with van der Waals surface area (Å²) >= 11 is 0. The minimum absolute atomic E-state index is 0.00630. The summed E-state index contributed by atoms with van der Waals surface area (Å²) in [6, 6.07) is 1.14. The second-order valence-corrected chi connectivity index (χ2v) is 3.15. The number of hydrogen-bond acceptors (Lipinski definition) is 3. The van der Waals surface area contributed by atoms with Gasteiger partial charge in [-0.15, -0.1) is 0 Å². The van der Waals surface area contributed by atoms with Crippen molar-refractivity contribution in [1.29, 1.82) is 0 Å². The number of pyridine rings is 1. The van der Waals surface area contributed by atoms with Gasteiger partial charge in [0.1, 0.15) is 0 Å². The summed E-state index contributed by atoms with van der Waals surface area (Å²) in [6.45, 7) is 0. The molecule has 0 aromatic carbocycles. The molecule has 2 rings (SSSR count). The molecule has 1 saturated carbocycles. The Hall–Kier alpha value is -1.65. The highest BCUT2D eigenvalue weighted by molar-refractivity contribution is 5.93. The van der Waals surface area contributed by atoms with Gasteiger partial charge in [-0.25, -0.2) is 9.37 Å². The van der Waals surface area contributed by atoms with Crippen molar-refractivity contribution in [2.45, 2.75) is 18.9 Å². The van der Waals surface area contributed by atoms with E-state index in [4.69, 9.17) is 10.5 Å². The third kappa shape index (κ3) is 1.66. The van der Waals surface area contributed by atoms with Crippen LogP contribution in [0.1, 0.15) is 23.3 Å². The summed E-state index contributed by atoms with van der Waals surface area (Å²) in [6.07, 6.45) is 2.96. The number of carbonyl (C=O) groups is 1. The Balaban J connectivity index is 2.36. The number of rotatable bonds is 3. The molecule has 0 atom stereocenters. The van der Waals surface area contributed by atoms with E-state index in [0.717, 1.165) is 18.9 Å². The molecule has 14 heavy (non-hydrogen) atoms. The second kappa shape index (κ2) is 3.25. The molecular formula is C9H9FN2O2.